The van der Waals surface area contributed by atoms with E-state index in [0.717, 1.165) is 40.6 Å². The van der Waals surface area contributed by atoms with Gasteiger partial charge in [0.25, 0.3) is 0 Å². The number of aryl methyl sites for hydroxylation is 2. The molecule has 0 fully saturated rings. The van der Waals surface area contributed by atoms with Gasteiger partial charge in [0.2, 0.25) is 0 Å². The molecule has 1 heterocycles. The molecule has 0 radical (unpaired) electrons. The molecule has 0 saturated heterocycles. The van der Waals surface area contributed by atoms with Gasteiger partial charge in [-0.15, -0.1) is 0 Å². The van der Waals surface area contributed by atoms with Gasteiger partial charge in [0, 0.05) is 0 Å². The molecule has 218 valence electrons. The Balaban J connectivity index is 1.87. The normalized spacial score (nSPS) is 12.9. The van der Waals surface area contributed by atoms with Gasteiger partial charge in [-0.25, -0.2) is 4.98 Å². The van der Waals surface area contributed by atoms with Gasteiger partial charge in [-0.1, -0.05) is 108 Å². The van der Waals surface area contributed by atoms with Crippen molar-refractivity contribution in [3.8, 4) is 0 Å². The Morgan fingerprint density at radius 1 is 0.667 bits per heavy atom. The van der Waals surface area contributed by atoms with Crippen molar-refractivity contribution in [2.45, 2.75) is 92.9 Å². The number of rotatable bonds is 9. The highest BCUT2D eigenvalue weighted by atomic mass is 14.8. The van der Waals surface area contributed by atoms with Crippen LogP contribution in [0, 0.1) is 13.8 Å². The van der Waals surface area contributed by atoms with E-state index >= 15 is 0 Å². The lowest BCUT2D eigenvalue weighted by Crippen LogP contribution is -2.21. The van der Waals surface area contributed by atoms with Crippen molar-refractivity contribution >= 4 is 22.8 Å². The minimum Gasteiger partial charge on any atom is -0.251 e. The standard InChI is InChI=1S/C39H47N3/c1-25(2)33-20-14-16-27(5)37(33)40-29(7)35-22-31(24-39(9,10)32-18-12-11-13-19-32)23-36(42-35)30(8)41-38-28(6)17-15-21-34(38)26(3)4/h11-23,25-26H,24H2,1-10H3. The van der Waals surface area contributed by atoms with Crippen LogP contribution in [0.2, 0.25) is 0 Å². The third-order valence-corrected chi connectivity index (χ3v) is 8.17. The first kappa shape index (κ1) is 31.1. The Morgan fingerprint density at radius 2 is 1.12 bits per heavy atom. The highest BCUT2D eigenvalue weighted by Gasteiger charge is 2.22. The first-order chi connectivity index (χ1) is 19.9. The Bertz CT molecular complexity index is 1510. The van der Waals surface area contributed by atoms with E-state index in [-0.39, 0.29) is 5.41 Å². The van der Waals surface area contributed by atoms with Crippen molar-refractivity contribution in [3.05, 3.63) is 124 Å². The van der Waals surface area contributed by atoms with Gasteiger partial charge >= 0.3 is 0 Å². The zero-order valence-corrected chi connectivity index (χ0v) is 27.2. The average molecular weight is 558 g/mol. The summed E-state index contributed by atoms with van der Waals surface area (Å²) < 4.78 is 0. The lowest BCUT2D eigenvalue weighted by molar-refractivity contribution is 0.522. The minimum absolute atomic E-state index is 0.0467. The summed E-state index contributed by atoms with van der Waals surface area (Å²) in [5.74, 6) is 0.772. The number of nitrogens with zero attached hydrogens (tertiary/aromatic N) is 3. The number of hydrogen-bond donors (Lipinski definition) is 0. The van der Waals surface area contributed by atoms with Gasteiger partial charge < -0.3 is 0 Å². The summed E-state index contributed by atoms with van der Waals surface area (Å²) in [6.45, 7) is 22.0. The molecule has 0 amide bonds. The van der Waals surface area contributed by atoms with Gasteiger partial charge in [-0.2, -0.15) is 0 Å². The van der Waals surface area contributed by atoms with E-state index in [9.17, 15) is 0 Å². The van der Waals surface area contributed by atoms with E-state index < -0.39 is 0 Å². The number of pyridine rings is 1. The van der Waals surface area contributed by atoms with Crippen LogP contribution in [0.1, 0.15) is 112 Å². The number of hydrogen-bond acceptors (Lipinski definition) is 3. The summed E-state index contributed by atoms with van der Waals surface area (Å²) in [5, 5.41) is 0. The maximum atomic E-state index is 5.20. The lowest BCUT2D eigenvalue weighted by Gasteiger charge is -2.26. The molecule has 0 saturated carbocycles. The SMILES string of the molecule is CC(=Nc1c(C)cccc1C(C)C)c1cc(CC(C)(C)c2ccccc2)cc(C(C)=Nc2c(C)cccc2C(C)C)n1. The molecule has 3 heteroatoms. The molecule has 0 unspecified atom stereocenters. The molecule has 0 bridgehead atoms. The number of aliphatic imine (C=N–C) groups is 2. The van der Waals surface area contributed by atoms with Crippen molar-refractivity contribution in [2.75, 3.05) is 0 Å². The van der Waals surface area contributed by atoms with Gasteiger partial charge in [-0.3, -0.25) is 9.98 Å². The first-order valence-electron chi connectivity index (χ1n) is 15.2. The fraction of sp³-hybridized carbons (Fsp3) is 0.359. The summed E-state index contributed by atoms with van der Waals surface area (Å²) in [5.41, 5.74) is 13.1. The monoisotopic (exact) mass is 557 g/mol. The number of aromatic nitrogens is 1. The number of para-hydroxylation sites is 2. The summed E-state index contributed by atoms with van der Waals surface area (Å²) in [6.07, 6.45) is 0.878. The average Bonchev–Trinajstić information content (AvgIpc) is 2.94. The van der Waals surface area contributed by atoms with Crippen LogP contribution < -0.4 is 0 Å². The first-order valence-corrected chi connectivity index (χ1v) is 15.2. The molecular weight excluding hydrogens is 510 g/mol. The summed E-state index contributed by atoms with van der Waals surface area (Å²) >= 11 is 0. The van der Waals surface area contributed by atoms with Crippen molar-refractivity contribution in [3.63, 3.8) is 0 Å². The van der Waals surface area contributed by atoms with Crippen LogP contribution in [-0.2, 0) is 11.8 Å². The summed E-state index contributed by atoms with van der Waals surface area (Å²) in [7, 11) is 0. The second kappa shape index (κ2) is 13.0. The highest BCUT2D eigenvalue weighted by molar-refractivity contribution is 6.03. The maximum absolute atomic E-state index is 5.20. The van der Waals surface area contributed by atoms with E-state index in [4.69, 9.17) is 15.0 Å². The van der Waals surface area contributed by atoms with Crippen molar-refractivity contribution in [1.82, 2.24) is 4.98 Å². The van der Waals surface area contributed by atoms with E-state index in [1.54, 1.807) is 0 Å². The van der Waals surface area contributed by atoms with Crippen LogP contribution in [-0.4, -0.2) is 16.4 Å². The van der Waals surface area contributed by atoms with E-state index in [1.807, 2.05) is 0 Å². The van der Waals surface area contributed by atoms with Crippen molar-refractivity contribution in [2.24, 2.45) is 9.98 Å². The van der Waals surface area contributed by atoms with Crippen LogP contribution in [0.5, 0.6) is 0 Å². The molecule has 4 aromatic rings. The largest absolute Gasteiger partial charge is 0.251 e. The van der Waals surface area contributed by atoms with Crippen LogP contribution in [0.15, 0.2) is 88.8 Å². The van der Waals surface area contributed by atoms with E-state index in [0.29, 0.717) is 11.8 Å². The van der Waals surface area contributed by atoms with Crippen molar-refractivity contribution < 1.29 is 0 Å². The molecule has 0 N–H and O–H groups in total. The Hall–Kier alpha value is -3.85. The van der Waals surface area contributed by atoms with Gasteiger partial charge in [0.05, 0.1) is 34.2 Å². The second-order valence-electron chi connectivity index (χ2n) is 12.9. The maximum Gasteiger partial charge on any atom is 0.0852 e. The fourth-order valence-corrected chi connectivity index (χ4v) is 5.61. The molecule has 0 aliphatic rings. The highest BCUT2D eigenvalue weighted by Crippen LogP contribution is 2.33. The van der Waals surface area contributed by atoms with Crippen LogP contribution in [0.3, 0.4) is 0 Å². The second-order valence-corrected chi connectivity index (χ2v) is 12.9. The third kappa shape index (κ3) is 7.13. The van der Waals surface area contributed by atoms with E-state index in [1.165, 1.54) is 33.4 Å². The molecule has 0 aliphatic carbocycles. The Morgan fingerprint density at radius 3 is 1.55 bits per heavy atom. The van der Waals surface area contributed by atoms with Crippen LogP contribution in [0.25, 0.3) is 0 Å². The predicted molar refractivity (Wildman–Crippen MR) is 182 cm³/mol. The van der Waals surface area contributed by atoms with Gasteiger partial charge in [-0.05, 0) is 96.9 Å². The predicted octanol–water partition coefficient (Wildman–Crippen LogP) is 10.7. The van der Waals surface area contributed by atoms with Crippen LogP contribution in [0.4, 0.5) is 11.4 Å². The molecule has 3 aromatic carbocycles. The summed E-state index contributed by atoms with van der Waals surface area (Å²) in [4.78, 5) is 15.6. The topological polar surface area (TPSA) is 37.6 Å². The Kier molecular flexibility index (Phi) is 9.61. The molecule has 42 heavy (non-hydrogen) atoms. The van der Waals surface area contributed by atoms with Gasteiger partial charge in [0.15, 0.2) is 0 Å². The molecule has 3 nitrogen and oxygen atoms in total. The molecule has 0 spiro atoms. The lowest BCUT2D eigenvalue weighted by atomic mass is 9.79. The third-order valence-electron chi connectivity index (χ3n) is 8.17. The number of benzene rings is 3. The smallest absolute Gasteiger partial charge is 0.0852 e. The van der Waals surface area contributed by atoms with Gasteiger partial charge in [0.1, 0.15) is 0 Å². The molecule has 1 aromatic heterocycles. The zero-order valence-electron chi connectivity index (χ0n) is 27.2. The minimum atomic E-state index is -0.0467. The van der Waals surface area contributed by atoms with Crippen LogP contribution >= 0.6 is 0 Å². The molecular formula is C39H47N3. The molecule has 0 atom stereocenters. The Labute approximate surface area is 253 Å². The van der Waals surface area contributed by atoms with Crippen molar-refractivity contribution in [1.29, 1.82) is 0 Å². The molecule has 0 aliphatic heterocycles. The summed E-state index contributed by atoms with van der Waals surface area (Å²) in [6, 6.07) is 28.1. The zero-order chi connectivity index (χ0) is 30.6. The molecule has 4 rings (SSSR count). The fourth-order valence-electron chi connectivity index (χ4n) is 5.61. The quantitative estimate of drug-likeness (QED) is 0.189. The van der Waals surface area contributed by atoms with E-state index in [2.05, 4.69) is 148 Å².